The summed E-state index contributed by atoms with van der Waals surface area (Å²) in [5, 5.41) is 11.4. The van der Waals surface area contributed by atoms with E-state index in [1.807, 2.05) is 41.2 Å². The zero-order chi connectivity index (χ0) is 22.6. The Labute approximate surface area is 205 Å². The van der Waals surface area contributed by atoms with Gasteiger partial charge in [-0.15, -0.1) is 23.7 Å². The van der Waals surface area contributed by atoms with Crippen LogP contribution in [0.3, 0.4) is 0 Å². The van der Waals surface area contributed by atoms with Gasteiger partial charge in [-0.05, 0) is 29.8 Å². The standard InChI is InChI=1S/C24H19N7OS.ClH/c25-24(32)26-10-4-7-19-12-20-22(33-19)23(28-15-27-20)30-18-8-9-21-17(11-18)13-29-31(21)14-16-5-2-1-3-6-16;/h1-3,5-6,8-9,11-13,15H,10,14H2,(H3,25,26,32)(H,27,28,30);1H. The normalized spacial score (nSPS) is 10.4. The van der Waals surface area contributed by atoms with Crippen LogP contribution in [0.15, 0.2) is 67.1 Å². The Morgan fingerprint density at radius 2 is 1.97 bits per heavy atom. The molecule has 5 aromatic rings. The minimum Gasteiger partial charge on any atom is -0.352 e. The number of benzene rings is 2. The van der Waals surface area contributed by atoms with Gasteiger partial charge < -0.3 is 16.4 Å². The second kappa shape index (κ2) is 10.2. The van der Waals surface area contributed by atoms with Gasteiger partial charge in [-0.25, -0.2) is 14.8 Å². The quantitative estimate of drug-likeness (QED) is 0.319. The SMILES string of the molecule is Cl.NC(=O)NCC#Cc1cc2ncnc(Nc3ccc4c(cnn4Cc4ccccc4)c3)c2s1. The van der Waals surface area contributed by atoms with Crippen molar-refractivity contribution in [3.8, 4) is 11.8 Å². The number of nitrogens with zero attached hydrogens (tertiary/aromatic N) is 4. The predicted molar refractivity (Wildman–Crippen MR) is 138 cm³/mol. The highest BCUT2D eigenvalue weighted by Crippen LogP contribution is 2.31. The summed E-state index contributed by atoms with van der Waals surface area (Å²) in [6, 6.07) is 17.7. The highest BCUT2D eigenvalue weighted by molar-refractivity contribution is 7.20. The molecule has 3 heterocycles. The molecule has 34 heavy (non-hydrogen) atoms. The minimum absolute atomic E-state index is 0. The van der Waals surface area contributed by atoms with E-state index in [2.05, 4.69) is 61.8 Å². The van der Waals surface area contributed by atoms with E-state index < -0.39 is 6.03 Å². The van der Waals surface area contributed by atoms with Crippen LogP contribution in [-0.4, -0.2) is 32.3 Å². The number of hydrogen-bond donors (Lipinski definition) is 3. The molecule has 0 atom stereocenters. The van der Waals surface area contributed by atoms with Crippen molar-refractivity contribution >= 4 is 62.4 Å². The van der Waals surface area contributed by atoms with Gasteiger partial charge in [0, 0.05) is 11.1 Å². The topological polar surface area (TPSA) is 111 Å². The summed E-state index contributed by atoms with van der Waals surface area (Å²) in [5.74, 6) is 6.60. The van der Waals surface area contributed by atoms with E-state index in [-0.39, 0.29) is 19.0 Å². The third-order valence-electron chi connectivity index (χ3n) is 4.95. The number of rotatable bonds is 5. The Morgan fingerprint density at radius 3 is 2.79 bits per heavy atom. The molecular formula is C24H20ClN7OS. The number of primary amides is 1. The average molecular weight is 490 g/mol. The number of carbonyl (C=O) groups is 1. The molecule has 0 saturated heterocycles. The fourth-order valence-corrected chi connectivity index (χ4v) is 4.38. The van der Waals surface area contributed by atoms with Crippen LogP contribution in [0.1, 0.15) is 10.4 Å². The number of anilines is 2. The molecule has 0 aliphatic heterocycles. The van der Waals surface area contributed by atoms with E-state index >= 15 is 0 Å². The average Bonchev–Trinajstić information content (AvgIpc) is 3.42. The number of amides is 2. The number of nitrogens with two attached hydrogens (primary N) is 1. The molecule has 10 heteroatoms. The zero-order valence-corrected chi connectivity index (χ0v) is 19.5. The molecule has 0 aliphatic carbocycles. The van der Waals surface area contributed by atoms with Crippen molar-refractivity contribution in [1.29, 1.82) is 0 Å². The summed E-state index contributed by atoms with van der Waals surface area (Å²) in [4.78, 5) is 20.3. The lowest BCUT2D eigenvalue weighted by molar-refractivity contribution is 0.250. The molecule has 0 unspecified atom stereocenters. The first-order chi connectivity index (χ1) is 16.2. The van der Waals surface area contributed by atoms with Crippen molar-refractivity contribution in [3.05, 3.63) is 77.6 Å². The van der Waals surface area contributed by atoms with Gasteiger partial charge in [0.25, 0.3) is 0 Å². The first kappa shape index (κ1) is 23.0. The van der Waals surface area contributed by atoms with E-state index in [0.29, 0.717) is 5.82 Å². The van der Waals surface area contributed by atoms with Gasteiger partial charge in [-0.1, -0.05) is 42.2 Å². The molecule has 3 aromatic heterocycles. The summed E-state index contributed by atoms with van der Waals surface area (Å²) in [6.45, 7) is 0.913. The second-order valence-electron chi connectivity index (χ2n) is 7.25. The van der Waals surface area contributed by atoms with Crippen molar-refractivity contribution in [1.82, 2.24) is 25.1 Å². The molecule has 0 saturated carbocycles. The molecule has 0 radical (unpaired) electrons. The second-order valence-corrected chi connectivity index (χ2v) is 8.31. The van der Waals surface area contributed by atoms with Crippen molar-refractivity contribution < 1.29 is 4.79 Å². The number of urea groups is 1. The fourth-order valence-electron chi connectivity index (χ4n) is 3.45. The van der Waals surface area contributed by atoms with Crippen molar-refractivity contribution in [2.75, 3.05) is 11.9 Å². The number of thiophene rings is 1. The van der Waals surface area contributed by atoms with Gasteiger partial charge in [0.15, 0.2) is 5.82 Å². The van der Waals surface area contributed by atoms with Crippen molar-refractivity contribution in [2.45, 2.75) is 6.54 Å². The van der Waals surface area contributed by atoms with E-state index in [9.17, 15) is 4.79 Å². The maximum Gasteiger partial charge on any atom is 0.312 e. The summed E-state index contributed by atoms with van der Waals surface area (Å²) in [5.41, 5.74) is 9.04. The van der Waals surface area contributed by atoms with E-state index in [1.165, 1.54) is 23.2 Å². The molecule has 0 spiro atoms. The fraction of sp³-hybridized carbons (Fsp3) is 0.0833. The van der Waals surface area contributed by atoms with Gasteiger partial charge in [-0.3, -0.25) is 4.68 Å². The van der Waals surface area contributed by atoms with Crippen LogP contribution >= 0.6 is 23.7 Å². The van der Waals surface area contributed by atoms with Crippen molar-refractivity contribution in [2.24, 2.45) is 5.73 Å². The van der Waals surface area contributed by atoms with Crippen LogP contribution in [-0.2, 0) is 6.54 Å². The van der Waals surface area contributed by atoms with Gasteiger partial charge in [0.2, 0.25) is 0 Å². The summed E-state index contributed by atoms with van der Waals surface area (Å²) in [7, 11) is 0. The number of nitrogens with one attached hydrogen (secondary N) is 2. The largest absolute Gasteiger partial charge is 0.352 e. The summed E-state index contributed by atoms with van der Waals surface area (Å²) < 4.78 is 2.90. The van der Waals surface area contributed by atoms with Gasteiger partial charge in [0.1, 0.15) is 6.33 Å². The Bertz CT molecular complexity index is 1520. The number of carbonyl (C=O) groups excluding carboxylic acids is 1. The lowest BCUT2D eigenvalue weighted by Gasteiger charge is -2.07. The first-order valence-corrected chi connectivity index (χ1v) is 11.0. The Balaban J connectivity index is 0.00000274. The lowest BCUT2D eigenvalue weighted by atomic mass is 10.2. The lowest BCUT2D eigenvalue weighted by Crippen LogP contribution is -2.29. The number of aromatic nitrogens is 4. The van der Waals surface area contributed by atoms with Crippen LogP contribution in [0.25, 0.3) is 21.1 Å². The van der Waals surface area contributed by atoms with E-state index in [0.717, 1.165) is 38.2 Å². The molecule has 4 N–H and O–H groups in total. The first-order valence-electron chi connectivity index (χ1n) is 10.2. The van der Waals surface area contributed by atoms with Crippen LogP contribution in [0, 0.1) is 11.8 Å². The third kappa shape index (κ3) is 5.09. The van der Waals surface area contributed by atoms with E-state index in [1.54, 1.807) is 0 Å². The molecule has 0 aliphatic rings. The molecule has 0 fully saturated rings. The smallest absolute Gasteiger partial charge is 0.312 e. The zero-order valence-electron chi connectivity index (χ0n) is 17.9. The summed E-state index contributed by atoms with van der Waals surface area (Å²) in [6.07, 6.45) is 3.40. The molecule has 5 rings (SSSR count). The predicted octanol–water partition coefficient (Wildman–Crippen LogP) is 4.27. The van der Waals surface area contributed by atoms with Crippen LogP contribution in [0.2, 0.25) is 0 Å². The van der Waals surface area contributed by atoms with E-state index in [4.69, 9.17) is 5.73 Å². The maximum absolute atomic E-state index is 10.7. The Hall–Kier alpha value is -4.13. The Morgan fingerprint density at radius 1 is 1.12 bits per heavy atom. The number of hydrogen-bond acceptors (Lipinski definition) is 6. The highest BCUT2D eigenvalue weighted by Gasteiger charge is 2.10. The van der Waals surface area contributed by atoms with Crippen LogP contribution < -0.4 is 16.4 Å². The summed E-state index contributed by atoms with van der Waals surface area (Å²) >= 11 is 1.49. The number of halogens is 1. The Kier molecular flexibility index (Phi) is 6.92. The molecule has 0 bridgehead atoms. The van der Waals surface area contributed by atoms with Crippen LogP contribution in [0.5, 0.6) is 0 Å². The van der Waals surface area contributed by atoms with Crippen molar-refractivity contribution in [3.63, 3.8) is 0 Å². The molecule has 2 aromatic carbocycles. The monoisotopic (exact) mass is 489 g/mol. The minimum atomic E-state index is -0.597. The van der Waals surface area contributed by atoms with Gasteiger partial charge >= 0.3 is 6.03 Å². The maximum atomic E-state index is 10.7. The molecular weight excluding hydrogens is 470 g/mol. The van der Waals surface area contributed by atoms with Gasteiger partial charge in [0.05, 0.1) is 39.9 Å². The highest BCUT2D eigenvalue weighted by atomic mass is 35.5. The molecule has 170 valence electrons. The molecule has 8 nitrogen and oxygen atoms in total. The van der Waals surface area contributed by atoms with Gasteiger partial charge in [-0.2, -0.15) is 5.10 Å². The van der Waals surface area contributed by atoms with Crippen LogP contribution in [0.4, 0.5) is 16.3 Å². The third-order valence-corrected chi connectivity index (χ3v) is 6.00. The number of fused-ring (bicyclic) bond motifs is 2. The molecule has 2 amide bonds.